The van der Waals surface area contributed by atoms with Crippen LogP contribution in [-0.2, 0) is 19.6 Å². The average Bonchev–Trinajstić information content (AvgIpc) is 3.17. The van der Waals surface area contributed by atoms with E-state index in [-0.39, 0.29) is 18.0 Å². The van der Waals surface area contributed by atoms with Crippen molar-refractivity contribution in [2.75, 3.05) is 0 Å². The second-order valence-corrected chi connectivity index (χ2v) is 10.5. The molecule has 0 radical (unpaired) electrons. The van der Waals surface area contributed by atoms with Crippen molar-refractivity contribution in [3.8, 4) is 0 Å². The summed E-state index contributed by atoms with van der Waals surface area (Å²) in [5.74, 6) is -0.323. The predicted molar refractivity (Wildman–Crippen MR) is 107 cm³/mol. The van der Waals surface area contributed by atoms with Crippen LogP contribution in [0.2, 0.25) is 0 Å². The van der Waals surface area contributed by atoms with Crippen LogP contribution in [0.3, 0.4) is 0 Å². The van der Waals surface area contributed by atoms with Crippen LogP contribution in [0.5, 0.6) is 0 Å². The molecule has 1 unspecified atom stereocenters. The molecule has 1 aliphatic rings. The molecule has 0 saturated carbocycles. The molecule has 6 heteroatoms. The molecule has 1 heterocycles. The molecular formula is C21H31NO4S. The number of ether oxygens (including phenoxy) is 1. The summed E-state index contributed by atoms with van der Waals surface area (Å²) >= 11 is 0. The average molecular weight is 394 g/mol. The van der Waals surface area contributed by atoms with Gasteiger partial charge in [0.2, 0.25) is 10.0 Å². The fourth-order valence-corrected chi connectivity index (χ4v) is 5.94. The van der Waals surface area contributed by atoms with E-state index in [1.807, 2.05) is 46.8 Å². The smallest absolute Gasteiger partial charge is 0.331 e. The number of sulfonamides is 1. The van der Waals surface area contributed by atoms with E-state index in [2.05, 4.69) is 0 Å². The van der Waals surface area contributed by atoms with Gasteiger partial charge in [-0.05, 0) is 58.6 Å². The molecule has 0 amide bonds. The third-order valence-corrected chi connectivity index (χ3v) is 6.71. The van der Waals surface area contributed by atoms with Gasteiger partial charge in [0.25, 0.3) is 0 Å². The van der Waals surface area contributed by atoms with Gasteiger partial charge in [0.15, 0.2) is 0 Å². The Hall–Kier alpha value is -1.66. The highest BCUT2D eigenvalue weighted by Crippen LogP contribution is 2.42. The van der Waals surface area contributed by atoms with Gasteiger partial charge in [0.1, 0.15) is 5.60 Å². The number of carbonyl (C=O) groups is 1. The van der Waals surface area contributed by atoms with Crippen molar-refractivity contribution in [2.24, 2.45) is 5.92 Å². The quantitative estimate of drug-likeness (QED) is 0.432. The highest BCUT2D eigenvalue weighted by Gasteiger charge is 2.55. The summed E-state index contributed by atoms with van der Waals surface area (Å²) < 4.78 is 33.4. The van der Waals surface area contributed by atoms with Crippen molar-refractivity contribution in [2.45, 2.75) is 78.0 Å². The van der Waals surface area contributed by atoms with E-state index in [0.29, 0.717) is 4.90 Å². The van der Waals surface area contributed by atoms with Crippen molar-refractivity contribution in [3.63, 3.8) is 0 Å². The number of nitrogens with zero attached hydrogens (tertiary/aromatic N) is 1. The molecule has 27 heavy (non-hydrogen) atoms. The molecule has 1 aromatic rings. The third-order valence-electron chi connectivity index (χ3n) is 4.51. The minimum atomic E-state index is -3.64. The molecule has 2 rings (SSSR count). The lowest BCUT2D eigenvalue weighted by Crippen LogP contribution is -2.22. The normalized spacial score (nSPS) is 23.1. The zero-order chi connectivity index (χ0) is 20.7. The number of aryl methyl sites for hydroxylation is 3. The summed E-state index contributed by atoms with van der Waals surface area (Å²) in [6.45, 7) is 15.0. The van der Waals surface area contributed by atoms with Crippen LogP contribution in [0.1, 0.15) is 51.3 Å². The first-order valence-corrected chi connectivity index (χ1v) is 10.7. The van der Waals surface area contributed by atoms with Crippen LogP contribution in [0, 0.1) is 26.7 Å². The summed E-state index contributed by atoms with van der Waals surface area (Å²) in [5, 5.41) is 0. The number of benzene rings is 1. The lowest BCUT2D eigenvalue weighted by Gasteiger charge is -2.17. The lowest BCUT2D eigenvalue weighted by molar-refractivity contribution is -0.148. The van der Waals surface area contributed by atoms with E-state index in [1.165, 1.54) is 10.4 Å². The molecule has 0 N–H and O–H groups in total. The molecule has 0 aliphatic carbocycles. The monoisotopic (exact) mass is 393 g/mol. The van der Waals surface area contributed by atoms with Gasteiger partial charge in [-0.2, -0.15) is 4.31 Å². The Bertz CT molecular complexity index is 840. The molecule has 150 valence electrons. The van der Waals surface area contributed by atoms with Gasteiger partial charge >= 0.3 is 5.97 Å². The fraction of sp³-hybridized carbons (Fsp3) is 0.571. The lowest BCUT2D eigenvalue weighted by atomic mass is 10.1. The minimum Gasteiger partial charge on any atom is -0.457 e. The maximum atomic E-state index is 13.3. The fourth-order valence-electron chi connectivity index (χ4n) is 3.65. The van der Waals surface area contributed by atoms with E-state index in [1.54, 1.807) is 26.8 Å². The summed E-state index contributed by atoms with van der Waals surface area (Å²) in [6, 6.07) is 3.29. The zero-order valence-corrected chi connectivity index (χ0v) is 18.3. The van der Waals surface area contributed by atoms with Gasteiger partial charge in [-0.25, -0.2) is 13.2 Å². The van der Waals surface area contributed by atoms with Gasteiger partial charge < -0.3 is 4.74 Å². The molecular weight excluding hydrogens is 362 g/mol. The van der Waals surface area contributed by atoms with E-state index >= 15 is 0 Å². The highest BCUT2D eigenvalue weighted by molar-refractivity contribution is 7.89. The van der Waals surface area contributed by atoms with E-state index in [9.17, 15) is 13.2 Å². The van der Waals surface area contributed by atoms with Crippen molar-refractivity contribution in [1.29, 1.82) is 0 Å². The molecule has 0 aromatic heterocycles. The molecule has 3 atom stereocenters. The first-order chi connectivity index (χ1) is 12.3. The van der Waals surface area contributed by atoms with Gasteiger partial charge in [-0.15, -0.1) is 0 Å². The predicted octanol–water partition coefficient (Wildman–Crippen LogP) is 3.91. The van der Waals surface area contributed by atoms with Crippen molar-refractivity contribution >= 4 is 16.0 Å². The zero-order valence-electron chi connectivity index (χ0n) is 17.5. The van der Waals surface area contributed by atoms with Gasteiger partial charge in [-0.1, -0.05) is 37.6 Å². The van der Waals surface area contributed by atoms with Gasteiger partial charge in [0, 0.05) is 12.1 Å². The van der Waals surface area contributed by atoms with Crippen LogP contribution >= 0.6 is 0 Å². The Morgan fingerprint density at radius 1 is 1.15 bits per heavy atom. The largest absolute Gasteiger partial charge is 0.457 e. The second kappa shape index (κ2) is 7.40. The van der Waals surface area contributed by atoms with Crippen LogP contribution < -0.4 is 0 Å². The Morgan fingerprint density at radius 2 is 1.67 bits per heavy atom. The number of hydrogen-bond acceptors (Lipinski definition) is 4. The van der Waals surface area contributed by atoms with E-state index in [0.717, 1.165) is 16.7 Å². The molecule has 0 spiro atoms. The SMILES string of the molecule is Cc1cc(C)c(S(=O)(=O)N2[C@@H](/C=C/C(=O)OC(C)(C)C)[C@@H]2C(C)C)c(C)c1. The van der Waals surface area contributed by atoms with E-state index < -0.39 is 21.6 Å². The Morgan fingerprint density at radius 3 is 2.11 bits per heavy atom. The number of rotatable bonds is 5. The summed E-state index contributed by atoms with van der Waals surface area (Å²) in [4.78, 5) is 12.3. The maximum absolute atomic E-state index is 13.3. The number of carbonyl (C=O) groups excluding carboxylic acids is 1. The molecule has 1 aromatic carbocycles. The van der Waals surface area contributed by atoms with Crippen LogP contribution in [0.25, 0.3) is 0 Å². The summed E-state index contributed by atoms with van der Waals surface area (Å²) in [7, 11) is -3.64. The molecule has 1 aliphatic heterocycles. The second-order valence-electron chi connectivity index (χ2n) is 8.68. The molecule has 1 saturated heterocycles. The number of hydrogen-bond donors (Lipinski definition) is 0. The Balaban J connectivity index is 2.32. The first-order valence-electron chi connectivity index (χ1n) is 9.28. The molecule has 0 bridgehead atoms. The third kappa shape index (κ3) is 4.79. The van der Waals surface area contributed by atoms with Crippen LogP contribution in [-0.4, -0.2) is 36.4 Å². The summed E-state index contributed by atoms with van der Waals surface area (Å²) in [5.41, 5.74) is 1.95. The summed E-state index contributed by atoms with van der Waals surface area (Å²) in [6.07, 6.45) is 2.99. The molecule has 5 nitrogen and oxygen atoms in total. The van der Waals surface area contributed by atoms with E-state index in [4.69, 9.17) is 4.74 Å². The van der Waals surface area contributed by atoms with Crippen LogP contribution in [0.4, 0.5) is 0 Å². The highest BCUT2D eigenvalue weighted by atomic mass is 32.2. The van der Waals surface area contributed by atoms with Crippen molar-refractivity contribution in [1.82, 2.24) is 4.31 Å². The minimum absolute atomic E-state index is 0.138. The molecule has 1 fully saturated rings. The number of esters is 1. The van der Waals surface area contributed by atoms with Gasteiger partial charge in [-0.3, -0.25) is 0 Å². The maximum Gasteiger partial charge on any atom is 0.331 e. The standard InChI is InChI=1S/C21H31NO4S/c1-13(2)19-17(9-10-18(23)26-21(6,7)8)22(19)27(24,25)20-15(4)11-14(3)12-16(20)5/h9-13,17,19H,1-8H3/b10-9+/t17-,19-,22?/m0/s1. The van der Waals surface area contributed by atoms with Gasteiger partial charge in [0.05, 0.1) is 10.9 Å². The Labute approximate surface area is 163 Å². The van der Waals surface area contributed by atoms with Crippen LogP contribution in [0.15, 0.2) is 29.2 Å². The first kappa shape index (κ1) is 21.6. The van der Waals surface area contributed by atoms with Crippen molar-refractivity contribution < 1.29 is 17.9 Å². The topological polar surface area (TPSA) is 63.5 Å². The van der Waals surface area contributed by atoms with Crippen molar-refractivity contribution in [3.05, 3.63) is 41.0 Å². The Kier molecular flexibility index (Phi) is 5.93.